The number of rotatable bonds is 12. The predicted molar refractivity (Wildman–Crippen MR) is 169 cm³/mol. The van der Waals surface area contributed by atoms with Crippen LogP contribution < -0.4 is 0 Å². The van der Waals surface area contributed by atoms with Gasteiger partial charge in [0.15, 0.2) is 0 Å². The van der Waals surface area contributed by atoms with Gasteiger partial charge in [-0.2, -0.15) is 0 Å². The summed E-state index contributed by atoms with van der Waals surface area (Å²) in [6, 6.07) is 32.2. The molecule has 0 aliphatic rings. The van der Waals surface area contributed by atoms with Crippen molar-refractivity contribution in [1.82, 2.24) is 0 Å². The first-order valence-electron chi connectivity index (χ1n) is 14.8. The maximum Gasteiger partial charge on any atom is -0.0171 e. The first-order valence-corrected chi connectivity index (χ1v) is 14.8. The van der Waals surface area contributed by atoms with Gasteiger partial charge in [0.2, 0.25) is 0 Å². The molecule has 0 aliphatic carbocycles. The van der Waals surface area contributed by atoms with E-state index in [0.29, 0.717) is 0 Å². The van der Waals surface area contributed by atoms with Crippen molar-refractivity contribution in [2.24, 2.45) is 0 Å². The first-order chi connectivity index (χ1) is 18.6. The summed E-state index contributed by atoms with van der Waals surface area (Å²) in [5, 5.41) is 7.84. The molecule has 5 aromatic rings. The van der Waals surface area contributed by atoms with E-state index >= 15 is 0 Å². The second kappa shape index (κ2) is 12.4. The highest BCUT2D eigenvalue weighted by molar-refractivity contribution is 6.00. The Labute approximate surface area is 229 Å². The minimum absolute atomic E-state index is 1.08. The van der Waals surface area contributed by atoms with Gasteiger partial charge in [-0.05, 0) is 110 Å². The van der Waals surface area contributed by atoms with Gasteiger partial charge in [-0.25, -0.2) is 0 Å². The van der Waals surface area contributed by atoms with Crippen LogP contribution in [0.5, 0.6) is 0 Å². The first kappa shape index (κ1) is 26.2. The maximum absolute atomic E-state index is 4.50. The number of hydrogen-bond acceptors (Lipinski definition) is 0. The van der Waals surface area contributed by atoms with Gasteiger partial charge >= 0.3 is 0 Å². The van der Waals surface area contributed by atoms with Crippen molar-refractivity contribution in [3.05, 3.63) is 114 Å². The van der Waals surface area contributed by atoms with E-state index in [-0.39, 0.29) is 0 Å². The second-order valence-electron chi connectivity index (χ2n) is 11.1. The molecule has 0 unspecified atom stereocenters. The molecule has 0 aliphatic heterocycles. The van der Waals surface area contributed by atoms with Crippen LogP contribution in [-0.4, -0.2) is 0 Å². The van der Waals surface area contributed by atoms with Crippen molar-refractivity contribution >= 4 is 37.9 Å². The minimum atomic E-state index is 1.08. The van der Waals surface area contributed by atoms with E-state index in [1.54, 1.807) is 0 Å². The topological polar surface area (TPSA) is 0 Å². The smallest absolute Gasteiger partial charge is 0.0171 e. The fraction of sp³-hybridized carbons (Fsp3) is 0.316. The van der Waals surface area contributed by atoms with Gasteiger partial charge in [-0.15, -0.1) is 0 Å². The number of unbranched alkanes of at least 4 members (excludes halogenated alkanes) is 6. The van der Waals surface area contributed by atoms with Crippen LogP contribution in [0.4, 0.5) is 0 Å². The third kappa shape index (κ3) is 6.18. The van der Waals surface area contributed by atoms with Crippen molar-refractivity contribution in [1.29, 1.82) is 0 Å². The summed E-state index contributed by atoms with van der Waals surface area (Å²) < 4.78 is 0. The van der Waals surface area contributed by atoms with Crippen LogP contribution >= 0.6 is 0 Å². The van der Waals surface area contributed by atoms with Crippen LogP contribution in [0.3, 0.4) is 0 Å². The van der Waals surface area contributed by atoms with E-state index < -0.39 is 0 Å². The molecule has 0 amide bonds. The Morgan fingerprint density at radius 1 is 0.447 bits per heavy atom. The molecule has 0 bridgehead atoms. The van der Waals surface area contributed by atoms with Crippen molar-refractivity contribution in [2.75, 3.05) is 0 Å². The molecule has 0 fully saturated rings. The van der Waals surface area contributed by atoms with Gasteiger partial charge in [0.05, 0.1) is 0 Å². The number of benzene rings is 5. The molecule has 0 heteroatoms. The Morgan fingerprint density at radius 3 is 1.42 bits per heavy atom. The fourth-order valence-corrected chi connectivity index (χ4v) is 5.71. The summed E-state index contributed by atoms with van der Waals surface area (Å²) in [7, 11) is 0. The zero-order valence-corrected chi connectivity index (χ0v) is 23.4. The average molecular weight is 499 g/mol. The van der Waals surface area contributed by atoms with Gasteiger partial charge < -0.3 is 0 Å². The minimum Gasteiger partial charge on any atom is -0.0906 e. The van der Waals surface area contributed by atoms with Gasteiger partial charge in [0.1, 0.15) is 0 Å². The van der Waals surface area contributed by atoms with Gasteiger partial charge in [0.25, 0.3) is 0 Å². The Kier molecular flexibility index (Phi) is 8.59. The highest BCUT2D eigenvalue weighted by Crippen LogP contribution is 2.31. The lowest BCUT2D eigenvalue weighted by atomic mass is 9.93. The standard InChI is InChI=1S/C38H42/c1-4-6-8-10-12-29-14-16-34-24-31(18-20-33(34)22-29)28(3)32-19-21-36-26-37-23-30(13-11-9-7-5-2)15-17-35(37)27-38(36)25-32/h14-27H,3-13H2,1-2H3. The van der Waals surface area contributed by atoms with E-state index in [1.165, 1.54) is 119 Å². The third-order valence-electron chi connectivity index (χ3n) is 8.10. The number of hydrogen-bond donors (Lipinski definition) is 0. The highest BCUT2D eigenvalue weighted by atomic mass is 14.1. The summed E-state index contributed by atoms with van der Waals surface area (Å²) in [5.41, 5.74) is 6.38. The quantitative estimate of drug-likeness (QED) is 0.118. The Hall–Kier alpha value is -3.38. The molecule has 0 spiro atoms. The van der Waals surface area contributed by atoms with Gasteiger partial charge in [-0.3, -0.25) is 0 Å². The van der Waals surface area contributed by atoms with E-state index in [9.17, 15) is 0 Å². The molecule has 0 aromatic heterocycles. The third-order valence-corrected chi connectivity index (χ3v) is 8.10. The molecule has 0 heterocycles. The van der Waals surface area contributed by atoms with Crippen molar-refractivity contribution in [3.8, 4) is 0 Å². The van der Waals surface area contributed by atoms with Gasteiger partial charge in [0, 0.05) is 0 Å². The molecule has 0 radical (unpaired) electrons. The monoisotopic (exact) mass is 498 g/mol. The molecule has 0 N–H and O–H groups in total. The summed E-state index contributed by atoms with van der Waals surface area (Å²) in [4.78, 5) is 0. The van der Waals surface area contributed by atoms with E-state index in [4.69, 9.17) is 0 Å². The Bertz CT molecular complexity index is 1550. The molecule has 194 valence electrons. The number of fused-ring (bicyclic) bond motifs is 3. The molecule has 0 saturated carbocycles. The zero-order valence-electron chi connectivity index (χ0n) is 23.4. The van der Waals surface area contributed by atoms with Crippen molar-refractivity contribution in [2.45, 2.75) is 78.1 Å². The van der Waals surface area contributed by atoms with Crippen LogP contribution in [0, 0.1) is 0 Å². The number of aryl methyl sites for hydroxylation is 2. The van der Waals surface area contributed by atoms with Gasteiger partial charge in [-0.1, -0.05) is 120 Å². The molecule has 5 aromatic carbocycles. The molecular weight excluding hydrogens is 456 g/mol. The van der Waals surface area contributed by atoms with E-state index in [2.05, 4.69) is 105 Å². The Morgan fingerprint density at radius 2 is 0.868 bits per heavy atom. The fourth-order valence-electron chi connectivity index (χ4n) is 5.71. The molecule has 5 rings (SSSR count). The molecule has 0 atom stereocenters. The zero-order chi connectivity index (χ0) is 26.3. The van der Waals surface area contributed by atoms with Crippen molar-refractivity contribution in [3.63, 3.8) is 0 Å². The molecule has 0 saturated heterocycles. The molecule has 38 heavy (non-hydrogen) atoms. The maximum atomic E-state index is 4.50. The van der Waals surface area contributed by atoms with E-state index in [0.717, 1.165) is 5.57 Å². The molecule has 0 nitrogen and oxygen atoms in total. The molecular formula is C38H42. The Balaban J connectivity index is 1.34. The SMILES string of the molecule is C=C(c1ccc2cc(CCCCCC)ccc2c1)c1ccc2cc3cc(CCCCCC)ccc3cc2c1. The van der Waals surface area contributed by atoms with Crippen LogP contribution in [-0.2, 0) is 12.8 Å². The average Bonchev–Trinajstić information content (AvgIpc) is 2.95. The lowest BCUT2D eigenvalue weighted by Crippen LogP contribution is -1.90. The largest absolute Gasteiger partial charge is 0.0906 e. The lowest BCUT2D eigenvalue weighted by molar-refractivity contribution is 0.667. The van der Waals surface area contributed by atoms with Crippen LogP contribution in [0.25, 0.3) is 37.9 Å². The highest BCUT2D eigenvalue weighted by Gasteiger charge is 2.07. The van der Waals surface area contributed by atoms with Crippen LogP contribution in [0.2, 0.25) is 0 Å². The normalized spacial score (nSPS) is 11.5. The predicted octanol–water partition coefficient (Wildman–Crippen LogP) is 11.5. The van der Waals surface area contributed by atoms with Crippen LogP contribution in [0.1, 0.15) is 87.5 Å². The summed E-state index contributed by atoms with van der Waals surface area (Å²) in [6.45, 7) is 9.04. The summed E-state index contributed by atoms with van der Waals surface area (Å²) in [6.07, 6.45) is 12.8. The van der Waals surface area contributed by atoms with Crippen molar-refractivity contribution < 1.29 is 0 Å². The summed E-state index contributed by atoms with van der Waals surface area (Å²) >= 11 is 0. The van der Waals surface area contributed by atoms with E-state index in [1.807, 2.05) is 0 Å². The second-order valence-corrected chi connectivity index (χ2v) is 11.1. The lowest BCUT2D eigenvalue weighted by Gasteiger charge is -2.11. The van der Waals surface area contributed by atoms with Crippen LogP contribution in [0.15, 0.2) is 91.5 Å². The summed E-state index contributed by atoms with van der Waals surface area (Å²) in [5.74, 6) is 0.